The van der Waals surface area contributed by atoms with E-state index in [4.69, 9.17) is 11.6 Å². The van der Waals surface area contributed by atoms with Gasteiger partial charge in [-0.25, -0.2) is 0 Å². The molecular formula is C38H46N2. The zero-order valence-corrected chi connectivity index (χ0v) is 25.1. The molecule has 0 N–H and O–H groups in total. The molecule has 3 aromatic carbocycles. The molecule has 0 saturated carbocycles. The van der Waals surface area contributed by atoms with E-state index in [2.05, 4.69) is 99.3 Å². The second kappa shape index (κ2) is 12.9. The maximum atomic E-state index is 5.19. The topological polar surface area (TPSA) is 16.1 Å². The summed E-state index contributed by atoms with van der Waals surface area (Å²) in [5.41, 5.74) is 12.6. The summed E-state index contributed by atoms with van der Waals surface area (Å²) in [7, 11) is 0. The molecule has 2 nitrogen and oxygen atoms in total. The van der Waals surface area contributed by atoms with Crippen LogP contribution in [0.4, 0.5) is 0 Å². The predicted molar refractivity (Wildman–Crippen MR) is 173 cm³/mol. The first kappa shape index (κ1) is 28.1. The summed E-state index contributed by atoms with van der Waals surface area (Å²) in [6.07, 6.45) is 11.0. The van der Waals surface area contributed by atoms with E-state index in [1.54, 1.807) is 0 Å². The molecule has 1 aromatic heterocycles. The van der Waals surface area contributed by atoms with Crippen LogP contribution in [-0.2, 0) is 12.8 Å². The number of aryl methyl sites for hydroxylation is 5. The number of unbranched alkanes of at least 4 members (excludes halogenated alkanes) is 3. The van der Waals surface area contributed by atoms with Gasteiger partial charge in [-0.2, -0.15) is 0 Å². The molecule has 4 aromatic rings. The third-order valence-corrected chi connectivity index (χ3v) is 9.04. The number of fused-ring (bicyclic) bond motifs is 1. The van der Waals surface area contributed by atoms with Crippen LogP contribution >= 0.6 is 0 Å². The van der Waals surface area contributed by atoms with Crippen molar-refractivity contribution in [3.05, 3.63) is 107 Å². The molecule has 0 bridgehead atoms. The third kappa shape index (κ3) is 6.33. The van der Waals surface area contributed by atoms with Crippen molar-refractivity contribution in [1.82, 2.24) is 9.88 Å². The zero-order chi connectivity index (χ0) is 28.1. The van der Waals surface area contributed by atoms with E-state index < -0.39 is 0 Å². The lowest BCUT2D eigenvalue weighted by molar-refractivity contribution is 0.341. The van der Waals surface area contributed by atoms with Gasteiger partial charge in [-0.15, -0.1) is 0 Å². The predicted octanol–water partition coefficient (Wildman–Crippen LogP) is 10.0. The Bertz CT molecular complexity index is 1480. The van der Waals surface area contributed by atoms with Gasteiger partial charge in [0.2, 0.25) is 0 Å². The van der Waals surface area contributed by atoms with Crippen molar-refractivity contribution in [3.8, 4) is 11.1 Å². The molecule has 0 radical (unpaired) electrons. The molecular weight excluding hydrogens is 484 g/mol. The van der Waals surface area contributed by atoms with Crippen LogP contribution in [0.15, 0.2) is 73.3 Å². The van der Waals surface area contributed by atoms with Crippen molar-refractivity contribution in [2.24, 2.45) is 0 Å². The smallest absolute Gasteiger partial charge is 0.0712 e. The van der Waals surface area contributed by atoms with E-state index in [-0.39, 0.29) is 0 Å². The largest absolute Gasteiger partial charge is 0.369 e. The number of rotatable bonds is 11. The van der Waals surface area contributed by atoms with Crippen LogP contribution in [0, 0.1) is 20.8 Å². The van der Waals surface area contributed by atoms with Crippen LogP contribution in [0.25, 0.3) is 27.7 Å². The molecule has 5 rings (SSSR count). The zero-order valence-electron chi connectivity index (χ0n) is 25.1. The Morgan fingerprint density at radius 3 is 2.45 bits per heavy atom. The number of benzene rings is 3. The molecule has 0 amide bonds. The van der Waals surface area contributed by atoms with E-state index in [1.165, 1.54) is 95.0 Å². The third-order valence-electron chi connectivity index (χ3n) is 9.04. The Balaban J connectivity index is 1.51. The average Bonchev–Trinajstić information content (AvgIpc) is 3.44. The van der Waals surface area contributed by atoms with Crippen molar-refractivity contribution in [2.75, 3.05) is 6.54 Å². The molecule has 1 fully saturated rings. The van der Waals surface area contributed by atoms with Crippen molar-refractivity contribution in [1.29, 1.82) is 0 Å². The minimum atomic E-state index is 0.603. The number of hydrogen-bond acceptors (Lipinski definition) is 2. The van der Waals surface area contributed by atoms with Gasteiger partial charge in [0.25, 0.3) is 0 Å². The van der Waals surface area contributed by atoms with Gasteiger partial charge in [0.05, 0.1) is 5.52 Å². The van der Waals surface area contributed by atoms with Crippen molar-refractivity contribution in [2.45, 2.75) is 91.5 Å². The van der Waals surface area contributed by atoms with Crippen LogP contribution < -0.4 is 0 Å². The second-order valence-corrected chi connectivity index (χ2v) is 11.9. The highest BCUT2D eigenvalue weighted by Gasteiger charge is 2.27. The number of pyridine rings is 1. The van der Waals surface area contributed by atoms with Gasteiger partial charge >= 0.3 is 0 Å². The summed E-state index contributed by atoms with van der Waals surface area (Å²) in [4.78, 5) is 7.81. The van der Waals surface area contributed by atoms with Gasteiger partial charge in [0.15, 0.2) is 0 Å². The van der Waals surface area contributed by atoms with Crippen LogP contribution in [0.1, 0.15) is 85.4 Å². The van der Waals surface area contributed by atoms with E-state index in [0.717, 1.165) is 30.6 Å². The maximum Gasteiger partial charge on any atom is 0.0712 e. The molecule has 2 heterocycles. The Kier molecular flexibility index (Phi) is 9.04. The van der Waals surface area contributed by atoms with Gasteiger partial charge in [0, 0.05) is 34.9 Å². The molecule has 1 unspecified atom stereocenters. The Morgan fingerprint density at radius 2 is 1.65 bits per heavy atom. The van der Waals surface area contributed by atoms with Crippen LogP contribution in [0.5, 0.6) is 0 Å². The molecule has 40 heavy (non-hydrogen) atoms. The van der Waals surface area contributed by atoms with E-state index >= 15 is 0 Å². The molecule has 1 aliphatic rings. The first-order valence-corrected chi connectivity index (χ1v) is 15.5. The molecule has 208 valence electrons. The average molecular weight is 531 g/mol. The van der Waals surface area contributed by atoms with E-state index in [9.17, 15) is 0 Å². The van der Waals surface area contributed by atoms with Crippen molar-refractivity contribution < 1.29 is 0 Å². The number of hydrogen-bond donors (Lipinski definition) is 0. The molecule has 0 spiro atoms. The van der Waals surface area contributed by atoms with Gasteiger partial charge in [-0.1, -0.05) is 87.7 Å². The molecule has 0 aliphatic carbocycles. The summed E-state index contributed by atoms with van der Waals surface area (Å²) in [5, 5.41) is 1.22. The highest BCUT2D eigenvalue weighted by molar-refractivity contribution is 5.94. The number of likely N-dealkylation sites (tertiary alicyclic amines) is 1. The van der Waals surface area contributed by atoms with E-state index in [1.807, 2.05) is 0 Å². The monoisotopic (exact) mass is 530 g/mol. The first-order chi connectivity index (χ1) is 19.4. The molecule has 2 heteroatoms. The lowest BCUT2D eigenvalue weighted by Gasteiger charge is -2.30. The van der Waals surface area contributed by atoms with Crippen LogP contribution in [-0.4, -0.2) is 22.5 Å². The van der Waals surface area contributed by atoms with E-state index in [0.29, 0.717) is 6.04 Å². The standard InChI is InChI=1S/C38H46N2/c1-6-7-8-9-15-35-16-12-23-40(35)30(5)36-26-34(21-19-31-14-11-10-13-28(31)3)39-38-22-20-33(25-37(36)38)32-18-17-27(2)29(4)24-32/h10-11,13-14,17-18,20,22,24-26,35H,5-9,12,15-16,19,21,23H2,1-4H3. The maximum absolute atomic E-state index is 5.19. The number of aromatic nitrogens is 1. The lowest BCUT2D eigenvalue weighted by atomic mass is 9.95. The molecule has 1 saturated heterocycles. The highest BCUT2D eigenvalue weighted by Crippen LogP contribution is 2.36. The van der Waals surface area contributed by atoms with Gasteiger partial charge < -0.3 is 4.90 Å². The van der Waals surface area contributed by atoms with Crippen LogP contribution in [0.3, 0.4) is 0 Å². The Hall–Kier alpha value is -3.39. The lowest BCUT2D eigenvalue weighted by Crippen LogP contribution is -2.27. The van der Waals surface area contributed by atoms with Gasteiger partial charge in [-0.05, 0) is 104 Å². The summed E-state index contributed by atoms with van der Waals surface area (Å²) >= 11 is 0. The normalized spacial score (nSPS) is 15.2. The summed E-state index contributed by atoms with van der Waals surface area (Å²) in [6.45, 7) is 14.7. The Morgan fingerprint density at radius 1 is 0.850 bits per heavy atom. The minimum Gasteiger partial charge on any atom is -0.369 e. The fourth-order valence-corrected chi connectivity index (χ4v) is 6.35. The second-order valence-electron chi connectivity index (χ2n) is 11.9. The fourth-order valence-electron chi connectivity index (χ4n) is 6.35. The van der Waals surface area contributed by atoms with Crippen molar-refractivity contribution in [3.63, 3.8) is 0 Å². The SMILES string of the molecule is C=C(c1cc(CCc2ccccc2C)nc2ccc(-c3ccc(C)c(C)c3)cc12)N1CCCC1CCCCCC. The summed E-state index contributed by atoms with van der Waals surface area (Å²) in [6, 6.07) is 25.3. The van der Waals surface area contributed by atoms with Gasteiger partial charge in [0.1, 0.15) is 0 Å². The van der Waals surface area contributed by atoms with Crippen molar-refractivity contribution >= 4 is 16.6 Å². The van der Waals surface area contributed by atoms with Crippen LogP contribution in [0.2, 0.25) is 0 Å². The quantitative estimate of drug-likeness (QED) is 0.179. The number of nitrogens with zero attached hydrogens (tertiary/aromatic N) is 2. The van der Waals surface area contributed by atoms with Gasteiger partial charge in [-0.3, -0.25) is 4.98 Å². The first-order valence-electron chi connectivity index (χ1n) is 15.5. The molecule has 1 atom stereocenters. The summed E-state index contributed by atoms with van der Waals surface area (Å²) in [5.74, 6) is 0. The highest BCUT2D eigenvalue weighted by atomic mass is 15.2. The fraction of sp³-hybridized carbons (Fsp3) is 0.395. The minimum absolute atomic E-state index is 0.603. The Labute approximate surface area is 242 Å². The molecule has 1 aliphatic heterocycles. The summed E-state index contributed by atoms with van der Waals surface area (Å²) < 4.78 is 0.